The van der Waals surface area contributed by atoms with Crippen LogP contribution in [0.25, 0.3) is 0 Å². The molecular formula is C15H17ClN2O. The third-order valence-corrected chi connectivity index (χ3v) is 3.52. The summed E-state index contributed by atoms with van der Waals surface area (Å²) in [5, 5.41) is 0.716. The fourth-order valence-electron chi connectivity index (χ4n) is 1.97. The number of carbonyl (C=O) groups excluding carboxylic acids is 1. The number of aromatic amines is 1. The Bertz CT molecular complexity index is 551. The van der Waals surface area contributed by atoms with Crippen molar-refractivity contribution in [3.05, 3.63) is 58.9 Å². The number of hydrogen-bond acceptors (Lipinski definition) is 2. The van der Waals surface area contributed by atoms with Gasteiger partial charge in [0.15, 0.2) is 5.78 Å². The van der Waals surface area contributed by atoms with Crippen LogP contribution in [0.3, 0.4) is 0 Å². The van der Waals surface area contributed by atoms with Crippen molar-refractivity contribution >= 4 is 17.4 Å². The second kappa shape index (κ2) is 6.04. The average molecular weight is 277 g/mol. The molecule has 1 aromatic carbocycles. The summed E-state index contributed by atoms with van der Waals surface area (Å²) in [4.78, 5) is 17.0. The van der Waals surface area contributed by atoms with E-state index >= 15 is 0 Å². The topological polar surface area (TPSA) is 36.1 Å². The summed E-state index contributed by atoms with van der Waals surface area (Å²) < 4.78 is 0. The van der Waals surface area contributed by atoms with Crippen LogP contribution in [0.5, 0.6) is 0 Å². The summed E-state index contributed by atoms with van der Waals surface area (Å²) in [7, 11) is 1.94. The largest absolute Gasteiger partial charge is 0.359 e. The molecule has 0 spiro atoms. The Hall–Kier alpha value is -1.58. The lowest BCUT2D eigenvalue weighted by atomic mass is 10.1. The Kier molecular flexibility index (Phi) is 4.40. The molecule has 0 saturated heterocycles. The molecule has 1 aromatic heterocycles. The monoisotopic (exact) mass is 276 g/mol. The maximum Gasteiger partial charge on any atom is 0.192 e. The number of nitrogens with zero attached hydrogens (tertiary/aromatic N) is 1. The number of nitrogens with one attached hydrogen (secondary N) is 1. The summed E-state index contributed by atoms with van der Waals surface area (Å²) in [5.74, 6) is 0.0846. The summed E-state index contributed by atoms with van der Waals surface area (Å²) >= 11 is 5.99. The molecule has 0 aliphatic carbocycles. The van der Waals surface area contributed by atoms with Gasteiger partial charge in [0.25, 0.3) is 0 Å². The van der Waals surface area contributed by atoms with E-state index in [2.05, 4.69) is 11.9 Å². The predicted octanol–water partition coefficient (Wildman–Crippen LogP) is 3.54. The van der Waals surface area contributed by atoms with Gasteiger partial charge in [-0.3, -0.25) is 9.69 Å². The van der Waals surface area contributed by atoms with Crippen molar-refractivity contribution in [1.82, 2.24) is 9.88 Å². The quantitative estimate of drug-likeness (QED) is 0.848. The van der Waals surface area contributed by atoms with Crippen molar-refractivity contribution in [2.75, 3.05) is 13.6 Å². The van der Waals surface area contributed by atoms with Gasteiger partial charge >= 0.3 is 0 Å². The van der Waals surface area contributed by atoms with Gasteiger partial charge in [0.05, 0.1) is 12.2 Å². The van der Waals surface area contributed by atoms with Crippen LogP contribution in [0, 0.1) is 0 Å². The first-order valence-electron chi connectivity index (χ1n) is 6.20. The zero-order chi connectivity index (χ0) is 13.8. The molecule has 1 heterocycles. The number of aromatic nitrogens is 1. The fraction of sp³-hybridized carbons (Fsp3) is 0.267. The van der Waals surface area contributed by atoms with Gasteiger partial charge in [-0.2, -0.15) is 0 Å². The first kappa shape index (κ1) is 13.8. The van der Waals surface area contributed by atoms with Crippen molar-refractivity contribution < 1.29 is 4.79 Å². The van der Waals surface area contributed by atoms with Crippen molar-refractivity contribution in [2.45, 2.75) is 13.0 Å². The smallest absolute Gasteiger partial charge is 0.192 e. The maximum atomic E-state index is 12.0. The third kappa shape index (κ3) is 3.46. The van der Waals surface area contributed by atoms with Crippen molar-refractivity contribution in [2.24, 2.45) is 0 Å². The van der Waals surface area contributed by atoms with Gasteiger partial charge < -0.3 is 4.98 Å². The number of ketones is 1. The van der Waals surface area contributed by atoms with Gasteiger partial charge in [0, 0.05) is 17.3 Å². The minimum Gasteiger partial charge on any atom is -0.359 e. The lowest BCUT2D eigenvalue weighted by Crippen LogP contribution is -2.29. The van der Waals surface area contributed by atoms with Crippen LogP contribution in [0.4, 0.5) is 0 Å². The Labute approximate surface area is 118 Å². The number of carbonyl (C=O) groups is 1. The molecule has 2 aromatic rings. The van der Waals surface area contributed by atoms with Crippen LogP contribution in [0.1, 0.15) is 29.0 Å². The second-order valence-corrected chi connectivity index (χ2v) is 5.09. The number of H-pyrrole nitrogens is 1. The number of benzene rings is 1. The Morgan fingerprint density at radius 3 is 2.79 bits per heavy atom. The van der Waals surface area contributed by atoms with E-state index in [0.29, 0.717) is 17.3 Å². The number of hydrogen-bond donors (Lipinski definition) is 1. The first-order valence-corrected chi connectivity index (χ1v) is 6.58. The Morgan fingerprint density at radius 2 is 2.16 bits per heavy atom. The van der Waals surface area contributed by atoms with E-state index in [4.69, 9.17) is 11.6 Å². The highest BCUT2D eigenvalue weighted by molar-refractivity contribution is 6.30. The van der Waals surface area contributed by atoms with Crippen LogP contribution >= 0.6 is 11.6 Å². The molecule has 0 aliphatic heterocycles. The van der Waals surface area contributed by atoms with Crippen molar-refractivity contribution in [3.8, 4) is 0 Å². The lowest BCUT2D eigenvalue weighted by molar-refractivity contribution is 0.0920. The average Bonchev–Trinajstić information content (AvgIpc) is 2.91. The molecule has 19 heavy (non-hydrogen) atoms. The molecule has 0 fully saturated rings. The van der Waals surface area contributed by atoms with E-state index in [1.807, 2.05) is 42.3 Å². The van der Waals surface area contributed by atoms with Crippen LogP contribution in [0.15, 0.2) is 42.6 Å². The highest BCUT2D eigenvalue weighted by atomic mass is 35.5. The van der Waals surface area contributed by atoms with E-state index in [1.165, 1.54) is 0 Å². The lowest BCUT2D eigenvalue weighted by Gasteiger charge is -2.24. The molecule has 1 atom stereocenters. The van der Waals surface area contributed by atoms with Crippen LogP contribution in [-0.2, 0) is 0 Å². The first-order chi connectivity index (χ1) is 9.08. The Morgan fingerprint density at radius 1 is 1.37 bits per heavy atom. The molecule has 1 unspecified atom stereocenters. The number of rotatable bonds is 5. The number of Topliss-reactive ketones (excluding diaryl/α,β-unsaturated/α-hetero) is 1. The normalized spacial score (nSPS) is 12.6. The fourth-order valence-corrected chi connectivity index (χ4v) is 2.17. The molecule has 0 bridgehead atoms. The molecule has 1 N–H and O–H groups in total. The molecule has 2 rings (SSSR count). The SMILES string of the molecule is CC(c1cccc(Cl)c1)N(C)CC(=O)c1ccc[nH]1. The summed E-state index contributed by atoms with van der Waals surface area (Å²) in [6.45, 7) is 2.43. The minimum absolute atomic E-state index is 0.0846. The number of halogens is 1. The van der Waals surface area contributed by atoms with Gasteiger partial charge in [-0.15, -0.1) is 0 Å². The molecule has 0 amide bonds. The van der Waals surface area contributed by atoms with E-state index in [1.54, 1.807) is 12.3 Å². The molecule has 0 radical (unpaired) electrons. The molecular weight excluding hydrogens is 260 g/mol. The highest BCUT2D eigenvalue weighted by Crippen LogP contribution is 2.21. The second-order valence-electron chi connectivity index (χ2n) is 4.65. The minimum atomic E-state index is 0.0846. The van der Waals surface area contributed by atoms with Crippen molar-refractivity contribution in [1.29, 1.82) is 0 Å². The zero-order valence-electron chi connectivity index (χ0n) is 11.1. The van der Waals surface area contributed by atoms with E-state index in [9.17, 15) is 4.79 Å². The number of likely N-dealkylation sites (N-methyl/N-ethyl adjacent to an activating group) is 1. The van der Waals surface area contributed by atoms with Crippen molar-refractivity contribution in [3.63, 3.8) is 0 Å². The van der Waals surface area contributed by atoms with Gasteiger partial charge in [0.1, 0.15) is 0 Å². The summed E-state index contributed by atoms with van der Waals surface area (Å²) in [6.07, 6.45) is 1.76. The standard InChI is InChI=1S/C15H17ClN2O/c1-11(12-5-3-6-13(16)9-12)18(2)10-15(19)14-7-4-8-17-14/h3-9,11,17H,10H2,1-2H3. The molecule has 0 aliphatic rings. The van der Waals surface area contributed by atoms with Crippen LogP contribution in [0.2, 0.25) is 5.02 Å². The summed E-state index contributed by atoms with van der Waals surface area (Å²) in [5.41, 5.74) is 1.75. The molecule has 100 valence electrons. The van der Waals surface area contributed by atoms with Gasteiger partial charge in [-0.1, -0.05) is 23.7 Å². The highest BCUT2D eigenvalue weighted by Gasteiger charge is 2.16. The van der Waals surface area contributed by atoms with Gasteiger partial charge in [-0.25, -0.2) is 0 Å². The maximum absolute atomic E-state index is 12.0. The summed E-state index contributed by atoms with van der Waals surface area (Å²) in [6, 6.07) is 11.5. The van der Waals surface area contributed by atoms with Crippen LogP contribution in [-0.4, -0.2) is 29.3 Å². The molecule has 3 nitrogen and oxygen atoms in total. The van der Waals surface area contributed by atoms with Gasteiger partial charge in [-0.05, 0) is 43.8 Å². The Balaban J connectivity index is 2.03. The van der Waals surface area contributed by atoms with Crippen LogP contribution < -0.4 is 0 Å². The zero-order valence-corrected chi connectivity index (χ0v) is 11.8. The molecule has 4 heteroatoms. The van der Waals surface area contributed by atoms with E-state index in [-0.39, 0.29) is 11.8 Å². The molecule has 0 saturated carbocycles. The third-order valence-electron chi connectivity index (χ3n) is 3.28. The van der Waals surface area contributed by atoms with E-state index < -0.39 is 0 Å². The predicted molar refractivity (Wildman–Crippen MR) is 77.6 cm³/mol. The van der Waals surface area contributed by atoms with E-state index in [0.717, 1.165) is 5.56 Å². The van der Waals surface area contributed by atoms with Gasteiger partial charge in [0.2, 0.25) is 0 Å².